The molecular formula is C16H24N2O3. The molecular weight excluding hydrogens is 268 g/mol. The molecule has 5 heteroatoms. The van der Waals surface area contributed by atoms with Gasteiger partial charge in [-0.1, -0.05) is 12.1 Å². The SMILES string of the molecule is CN(C)C(=O)Cc1ccc(NC2COC(C)(C)OC2)cc1. The molecule has 0 unspecified atom stereocenters. The van der Waals surface area contributed by atoms with Crippen LogP contribution >= 0.6 is 0 Å². The maximum atomic E-state index is 11.7. The molecule has 0 radical (unpaired) electrons. The lowest BCUT2D eigenvalue weighted by atomic mass is 10.1. The van der Waals surface area contributed by atoms with Gasteiger partial charge >= 0.3 is 0 Å². The number of likely N-dealkylation sites (N-methyl/N-ethyl adjacent to an activating group) is 1. The van der Waals surface area contributed by atoms with Gasteiger partial charge in [0.05, 0.1) is 25.7 Å². The Labute approximate surface area is 126 Å². The van der Waals surface area contributed by atoms with Gasteiger partial charge < -0.3 is 19.7 Å². The second-order valence-electron chi connectivity index (χ2n) is 6.02. The molecule has 0 aliphatic carbocycles. The van der Waals surface area contributed by atoms with Crippen molar-refractivity contribution in [2.75, 3.05) is 32.6 Å². The molecule has 5 nitrogen and oxygen atoms in total. The average Bonchev–Trinajstić information content (AvgIpc) is 2.43. The van der Waals surface area contributed by atoms with E-state index in [0.717, 1.165) is 11.3 Å². The van der Waals surface area contributed by atoms with Crippen LogP contribution in [0.3, 0.4) is 0 Å². The van der Waals surface area contributed by atoms with Crippen molar-refractivity contribution in [1.29, 1.82) is 0 Å². The number of hydrogen-bond donors (Lipinski definition) is 1. The van der Waals surface area contributed by atoms with Crippen LogP contribution in [0.1, 0.15) is 19.4 Å². The highest BCUT2D eigenvalue weighted by Gasteiger charge is 2.28. The molecule has 1 aliphatic heterocycles. The number of carbonyl (C=O) groups is 1. The number of ether oxygens (including phenoxy) is 2. The molecule has 21 heavy (non-hydrogen) atoms. The first-order valence-electron chi connectivity index (χ1n) is 7.19. The lowest BCUT2D eigenvalue weighted by molar-refractivity contribution is -0.247. The van der Waals surface area contributed by atoms with Crippen LogP contribution < -0.4 is 5.32 Å². The number of nitrogens with zero attached hydrogens (tertiary/aromatic N) is 1. The maximum Gasteiger partial charge on any atom is 0.226 e. The minimum absolute atomic E-state index is 0.104. The van der Waals surface area contributed by atoms with Crippen molar-refractivity contribution in [1.82, 2.24) is 4.90 Å². The van der Waals surface area contributed by atoms with Crippen molar-refractivity contribution in [3.05, 3.63) is 29.8 Å². The molecule has 1 fully saturated rings. The third-order valence-corrected chi connectivity index (χ3v) is 3.44. The number of nitrogens with one attached hydrogen (secondary N) is 1. The Balaban J connectivity index is 1.87. The molecule has 1 saturated heterocycles. The van der Waals surface area contributed by atoms with E-state index in [-0.39, 0.29) is 11.9 Å². The Kier molecular flexibility index (Phi) is 4.85. The molecule has 2 rings (SSSR count). The Morgan fingerprint density at radius 3 is 2.33 bits per heavy atom. The van der Waals surface area contributed by atoms with Gasteiger partial charge in [-0.2, -0.15) is 0 Å². The summed E-state index contributed by atoms with van der Waals surface area (Å²) in [6.45, 7) is 5.07. The van der Waals surface area contributed by atoms with Gasteiger partial charge in [0, 0.05) is 19.8 Å². The van der Waals surface area contributed by atoms with Crippen molar-refractivity contribution in [3.63, 3.8) is 0 Å². The number of hydrogen-bond acceptors (Lipinski definition) is 4. The van der Waals surface area contributed by atoms with Crippen molar-refractivity contribution >= 4 is 11.6 Å². The van der Waals surface area contributed by atoms with Crippen LogP contribution in [0, 0.1) is 0 Å². The quantitative estimate of drug-likeness (QED) is 0.920. The van der Waals surface area contributed by atoms with Crippen LogP contribution in [0.5, 0.6) is 0 Å². The molecule has 1 aromatic carbocycles. The van der Waals surface area contributed by atoms with E-state index in [4.69, 9.17) is 9.47 Å². The van der Waals surface area contributed by atoms with Crippen molar-refractivity contribution in [2.45, 2.75) is 32.1 Å². The summed E-state index contributed by atoms with van der Waals surface area (Å²) < 4.78 is 11.2. The molecule has 1 heterocycles. The molecule has 0 atom stereocenters. The van der Waals surface area contributed by atoms with E-state index in [1.54, 1.807) is 19.0 Å². The fourth-order valence-corrected chi connectivity index (χ4v) is 2.06. The van der Waals surface area contributed by atoms with E-state index >= 15 is 0 Å². The van der Waals surface area contributed by atoms with E-state index in [1.807, 2.05) is 38.1 Å². The number of amides is 1. The zero-order valence-corrected chi connectivity index (χ0v) is 13.2. The summed E-state index contributed by atoms with van der Waals surface area (Å²) in [5.41, 5.74) is 2.02. The standard InChI is InChI=1S/C16H24N2O3/c1-16(2)20-10-14(11-21-16)17-13-7-5-12(6-8-13)9-15(19)18(3)4/h5-8,14,17H,9-11H2,1-4H3. The first-order valence-corrected chi connectivity index (χ1v) is 7.19. The fraction of sp³-hybridized carbons (Fsp3) is 0.562. The van der Waals surface area contributed by atoms with Crippen LogP contribution in [-0.4, -0.2) is 49.9 Å². The molecule has 0 saturated carbocycles. The third-order valence-electron chi connectivity index (χ3n) is 3.44. The highest BCUT2D eigenvalue weighted by Crippen LogP contribution is 2.20. The van der Waals surface area contributed by atoms with E-state index < -0.39 is 5.79 Å². The smallest absolute Gasteiger partial charge is 0.226 e. The zero-order valence-electron chi connectivity index (χ0n) is 13.2. The predicted octanol–water partition coefficient (Wildman–Crippen LogP) is 1.88. The predicted molar refractivity (Wildman–Crippen MR) is 82.2 cm³/mol. The number of carbonyl (C=O) groups excluding carboxylic acids is 1. The summed E-state index contributed by atoms with van der Waals surface area (Å²) in [6, 6.07) is 8.05. The van der Waals surface area contributed by atoms with E-state index in [0.29, 0.717) is 19.6 Å². The van der Waals surface area contributed by atoms with Gasteiger partial charge in [0.1, 0.15) is 0 Å². The molecule has 1 aromatic rings. The second kappa shape index (κ2) is 6.45. The Morgan fingerprint density at radius 2 is 1.81 bits per heavy atom. The summed E-state index contributed by atoms with van der Waals surface area (Å²) >= 11 is 0. The van der Waals surface area contributed by atoms with Crippen LogP contribution in [0.15, 0.2) is 24.3 Å². The molecule has 1 amide bonds. The van der Waals surface area contributed by atoms with E-state index in [1.165, 1.54) is 0 Å². The van der Waals surface area contributed by atoms with E-state index in [9.17, 15) is 4.79 Å². The van der Waals surface area contributed by atoms with Crippen LogP contribution in [-0.2, 0) is 20.7 Å². The molecule has 116 valence electrons. The highest BCUT2D eigenvalue weighted by molar-refractivity contribution is 5.78. The van der Waals surface area contributed by atoms with Gasteiger partial charge in [0.2, 0.25) is 5.91 Å². The van der Waals surface area contributed by atoms with Gasteiger partial charge in [-0.3, -0.25) is 4.79 Å². The van der Waals surface area contributed by atoms with Gasteiger partial charge in [0.15, 0.2) is 5.79 Å². The zero-order chi connectivity index (χ0) is 15.5. The average molecular weight is 292 g/mol. The molecule has 0 spiro atoms. The summed E-state index contributed by atoms with van der Waals surface area (Å²) in [5, 5.41) is 3.38. The highest BCUT2D eigenvalue weighted by atomic mass is 16.7. The summed E-state index contributed by atoms with van der Waals surface area (Å²) in [7, 11) is 3.53. The first-order chi connectivity index (χ1) is 9.85. The summed E-state index contributed by atoms with van der Waals surface area (Å²) in [5.74, 6) is -0.388. The number of anilines is 1. The molecule has 0 aromatic heterocycles. The maximum absolute atomic E-state index is 11.7. The van der Waals surface area contributed by atoms with E-state index in [2.05, 4.69) is 5.32 Å². The summed E-state index contributed by atoms with van der Waals surface area (Å²) in [6.07, 6.45) is 0.428. The van der Waals surface area contributed by atoms with Gasteiger partial charge in [-0.05, 0) is 31.5 Å². The number of rotatable bonds is 4. The first kappa shape index (κ1) is 15.8. The Hall–Kier alpha value is -1.59. The third kappa shape index (κ3) is 4.72. The molecule has 1 aliphatic rings. The van der Waals surface area contributed by atoms with Gasteiger partial charge in [0.25, 0.3) is 0 Å². The Bertz CT molecular complexity index is 473. The van der Waals surface area contributed by atoms with Crippen LogP contribution in [0.4, 0.5) is 5.69 Å². The number of benzene rings is 1. The van der Waals surface area contributed by atoms with Crippen molar-refractivity contribution in [3.8, 4) is 0 Å². The Morgan fingerprint density at radius 1 is 1.24 bits per heavy atom. The monoisotopic (exact) mass is 292 g/mol. The topological polar surface area (TPSA) is 50.8 Å². The summed E-state index contributed by atoms with van der Waals surface area (Å²) in [4.78, 5) is 13.3. The normalized spacial score (nSPS) is 18.3. The minimum atomic E-state index is -0.491. The minimum Gasteiger partial charge on any atom is -0.378 e. The molecule has 0 bridgehead atoms. The van der Waals surface area contributed by atoms with Crippen molar-refractivity contribution < 1.29 is 14.3 Å². The lowest BCUT2D eigenvalue weighted by Gasteiger charge is -2.35. The van der Waals surface area contributed by atoms with Crippen molar-refractivity contribution in [2.24, 2.45) is 0 Å². The fourth-order valence-electron chi connectivity index (χ4n) is 2.06. The van der Waals surface area contributed by atoms with Crippen LogP contribution in [0.2, 0.25) is 0 Å². The lowest BCUT2D eigenvalue weighted by Crippen LogP contribution is -2.45. The van der Waals surface area contributed by atoms with Gasteiger partial charge in [-0.25, -0.2) is 0 Å². The second-order valence-corrected chi connectivity index (χ2v) is 6.02. The largest absolute Gasteiger partial charge is 0.378 e. The van der Waals surface area contributed by atoms with Crippen LogP contribution in [0.25, 0.3) is 0 Å². The van der Waals surface area contributed by atoms with Gasteiger partial charge in [-0.15, -0.1) is 0 Å². The molecule has 1 N–H and O–H groups in total.